The maximum atomic E-state index is 13.3. The van der Waals surface area contributed by atoms with Gasteiger partial charge in [0.05, 0.1) is 5.02 Å². The van der Waals surface area contributed by atoms with E-state index in [0.29, 0.717) is 33.5 Å². The third kappa shape index (κ3) is 9.23. The quantitative estimate of drug-likeness (QED) is 0.288. The van der Waals surface area contributed by atoms with Crippen LogP contribution in [0.15, 0.2) is 47.0 Å². The molecule has 1 aliphatic rings. The van der Waals surface area contributed by atoms with Crippen LogP contribution in [0.1, 0.15) is 42.7 Å². The number of carbonyl (C=O) groups excluding carboxylic acids is 2. The van der Waals surface area contributed by atoms with E-state index in [9.17, 15) is 9.59 Å². The highest BCUT2D eigenvalue weighted by molar-refractivity contribution is 6.30. The van der Waals surface area contributed by atoms with Gasteiger partial charge in [0.15, 0.2) is 0 Å². The van der Waals surface area contributed by atoms with Crippen LogP contribution in [0, 0.1) is 5.92 Å². The highest BCUT2D eigenvalue weighted by Gasteiger charge is 2.30. The number of anilines is 2. The van der Waals surface area contributed by atoms with E-state index >= 15 is 0 Å². The average molecular weight is 621 g/mol. The number of aromatic nitrogens is 1. The Labute approximate surface area is 253 Å². The molecule has 0 bridgehead atoms. The lowest BCUT2D eigenvalue weighted by atomic mass is 9.84. The van der Waals surface area contributed by atoms with E-state index in [1.807, 2.05) is 18.2 Å². The summed E-state index contributed by atoms with van der Waals surface area (Å²) >= 11 is 5.89. The van der Waals surface area contributed by atoms with Crippen LogP contribution in [0.4, 0.5) is 11.5 Å². The van der Waals surface area contributed by atoms with Crippen LogP contribution < -0.4 is 10.6 Å². The third-order valence-electron chi connectivity index (χ3n) is 6.83. The molecule has 3 aromatic rings. The average Bonchev–Trinajstić information content (AvgIpc) is 3.23. The Kier molecular flexibility index (Phi) is 14.6. The van der Waals surface area contributed by atoms with Gasteiger partial charge >= 0.3 is 0 Å². The van der Waals surface area contributed by atoms with Gasteiger partial charge < -0.3 is 24.9 Å². The summed E-state index contributed by atoms with van der Waals surface area (Å²) in [5.41, 5.74) is 0.926. The fourth-order valence-corrected chi connectivity index (χ4v) is 4.89. The first-order valence-corrected chi connectivity index (χ1v) is 12.8. The first kappa shape index (κ1) is 35.0. The number of hydrogen-bond acceptors (Lipinski definition) is 6. The number of para-hydroxylation sites is 1. The van der Waals surface area contributed by atoms with Crippen molar-refractivity contribution in [1.29, 1.82) is 0 Å². The van der Waals surface area contributed by atoms with Crippen molar-refractivity contribution in [3.05, 3.63) is 53.4 Å². The molecule has 0 saturated heterocycles. The molecule has 2 amide bonds. The normalized spacial score (nSPS) is 16.7. The van der Waals surface area contributed by atoms with Crippen LogP contribution >= 0.6 is 48.8 Å². The number of amides is 2. The number of rotatable bonds is 9. The standard InChI is InChI=1S/C27H34ClN5O3.3ClH/c1-32(2)15-6-16-33(3)20-12-9-18(10-13-20)26(34)31-24-21-7-4-5-8-22(21)36-25(24)27(35)30-23-14-11-19(28)17-29-23;;;/h4-5,7-8,11,14,17-18,20H,6,9-10,12-13,15-16H2,1-3H3,(H,31,34)(H,29,30,35);3*1H. The summed E-state index contributed by atoms with van der Waals surface area (Å²) in [7, 11) is 6.37. The lowest BCUT2D eigenvalue weighted by Gasteiger charge is -2.34. The molecule has 0 unspecified atom stereocenters. The summed E-state index contributed by atoms with van der Waals surface area (Å²) < 4.78 is 5.86. The minimum absolute atomic E-state index is 0. The maximum absolute atomic E-state index is 13.3. The Balaban J connectivity index is 0.00000253. The Morgan fingerprint density at radius 1 is 0.974 bits per heavy atom. The molecule has 0 radical (unpaired) electrons. The number of hydrogen-bond donors (Lipinski definition) is 2. The van der Waals surface area contributed by atoms with Crippen LogP contribution in [-0.2, 0) is 4.79 Å². The van der Waals surface area contributed by atoms with Crippen molar-refractivity contribution in [2.45, 2.75) is 38.1 Å². The van der Waals surface area contributed by atoms with Gasteiger partial charge in [-0.15, -0.1) is 37.2 Å². The Bertz CT molecular complexity index is 1200. The fourth-order valence-electron chi connectivity index (χ4n) is 4.78. The SMILES string of the molecule is CN(C)CCCN(C)C1CCC(C(=O)Nc2c(C(=O)Nc3ccc(Cl)cn3)oc3ccccc23)CC1.Cl.Cl.Cl. The molecule has 0 spiro atoms. The minimum atomic E-state index is -0.487. The summed E-state index contributed by atoms with van der Waals surface area (Å²) in [6.07, 6.45) is 6.19. The van der Waals surface area contributed by atoms with E-state index in [1.165, 1.54) is 6.20 Å². The predicted octanol–water partition coefficient (Wildman–Crippen LogP) is 6.38. The van der Waals surface area contributed by atoms with Gasteiger partial charge in [0, 0.05) is 23.5 Å². The Hall–Kier alpha value is -2.07. The molecular weight excluding hydrogens is 584 g/mol. The number of carbonyl (C=O) groups is 2. The number of nitrogens with zero attached hydrogens (tertiary/aromatic N) is 3. The molecule has 1 saturated carbocycles. The molecule has 1 aliphatic carbocycles. The fraction of sp³-hybridized carbons (Fsp3) is 0.444. The highest BCUT2D eigenvalue weighted by atomic mass is 35.5. The summed E-state index contributed by atoms with van der Waals surface area (Å²) in [5.74, 6) is -0.266. The number of fused-ring (bicyclic) bond motifs is 1. The van der Waals surface area contributed by atoms with Gasteiger partial charge in [0.2, 0.25) is 11.7 Å². The zero-order chi connectivity index (χ0) is 25.7. The summed E-state index contributed by atoms with van der Waals surface area (Å²) in [4.78, 5) is 35.1. The first-order valence-electron chi connectivity index (χ1n) is 12.4. The molecule has 216 valence electrons. The smallest absolute Gasteiger partial charge is 0.294 e. The second-order valence-corrected chi connectivity index (χ2v) is 10.2. The molecule has 0 aliphatic heterocycles. The zero-order valence-electron chi connectivity index (χ0n) is 22.3. The number of pyridine rings is 1. The molecule has 4 rings (SSSR count). The monoisotopic (exact) mass is 619 g/mol. The van der Waals surface area contributed by atoms with Gasteiger partial charge in [-0.25, -0.2) is 4.98 Å². The van der Waals surface area contributed by atoms with E-state index in [0.717, 1.165) is 45.2 Å². The maximum Gasteiger partial charge on any atom is 0.294 e. The molecule has 1 fully saturated rings. The van der Waals surface area contributed by atoms with Gasteiger partial charge in [-0.2, -0.15) is 0 Å². The molecular formula is C27H37Cl4N5O3. The van der Waals surface area contributed by atoms with E-state index in [4.69, 9.17) is 16.0 Å². The number of furan rings is 1. The lowest BCUT2D eigenvalue weighted by molar-refractivity contribution is -0.121. The van der Waals surface area contributed by atoms with E-state index < -0.39 is 5.91 Å². The summed E-state index contributed by atoms with van der Waals surface area (Å²) in [6, 6.07) is 11.0. The van der Waals surface area contributed by atoms with Gasteiger partial charge in [-0.3, -0.25) is 9.59 Å². The van der Waals surface area contributed by atoms with E-state index in [-0.39, 0.29) is 54.8 Å². The summed E-state index contributed by atoms with van der Waals surface area (Å²) in [6.45, 7) is 2.13. The number of nitrogens with one attached hydrogen (secondary N) is 2. The zero-order valence-corrected chi connectivity index (χ0v) is 25.5. The van der Waals surface area contributed by atoms with Crippen molar-refractivity contribution >= 4 is 83.1 Å². The van der Waals surface area contributed by atoms with Crippen molar-refractivity contribution in [3.63, 3.8) is 0 Å². The van der Waals surface area contributed by atoms with E-state index in [1.54, 1.807) is 18.2 Å². The topological polar surface area (TPSA) is 90.7 Å². The van der Waals surface area contributed by atoms with Crippen LogP contribution in [-0.4, -0.2) is 66.9 Å². The molecule has 1 aromatic carbocycles. The van der Waals surface area contributed by atoms with Gasteiger partial charge in [-0.05, 0) is 90.6 Å². The predicted molar refractivity (Wildman–Crippen MR) is 165 cm³/mol. The van der Waals surface area contributed by atoms with E-state index in [2.05, 4.69) is 46.6 Å². The second kappa shape index (κ2) is 16.3. The molecule has 2 heterocycles. The molecule has 12 heteroatoms. The van der Waals surface area contributed by atoms with Crippen LogP contribution in [0.25, 0.3) is 11.0 Å². The van der Waals surface area contributed by atoms with Crippen molar-refractivity contribution in [1.82, 2.24) is 14.8 Å². The largest absolute Gasteiger partial charge is 0.449 e. The Morgan fingerprint density at radius 2 is 1.67 bits per heavy atom. The third-order valence-corrected chi connectivity index (χ3v) is 7.05. The molecule has 8 nitrogen and oxygen atoms in total. The molecule has 2 aromatic heterocycles. The minimum Gasteiger partial charge on any atom is -0.449 e. The number of halogens is 4. The molecule has 2 N–H and O–H groups in total. The van der Waals surface area contributed by atoms with Crippen molar-refractivity contribution in [2.24, 2.45) is 5.92 Å². The van der Waals surface area contributed by atoms with Crippen LogP contribution in [0.3, 0.4) is 0 Å². The van der Waals surface area contributed by atoms with Gasteiger partial charge in [0.1, 0.15) is 17.1 Å². The molecule has 0 atom stereocenters. The first-order chi connectivity index (χ1) is 17.3. The van der Waals surface area contributed by atoms with Crippen molar-refractivity contribution < 1.29 is 14.0 Å². The Morgan fingerprint density at radius 3 is 2.31 bits per heavy atom. The van der Waals surface area contributed by atoms with Crippen molar-refractivity contribution in [2.75, 3.05) is 44.9 Å². The van der Waals surface area contributed by atoms with Crippen LogP contribution in [0.5, 0.6) is 0 Å². The van der Waals surface area contributed by atoms with Gasteiger partial charge in [0.25, 0.3) is 5.91 Å². The molecule has 39 heavy (non-hydrogen) atoms. The summed E-state index contributed by atoms with van der Waals surface area (Å²) in [5, 5.41) is 6.90. The highest BCUT2D eigenvalue weighted by Crippen LogP contribution is 2.34. The van der Waals surface area contributed by atoms with Crippen LogP contribution in [0.2, 0.25) is 5.02 Å². The number of benzene rings is 1. The lowest BCUT2D eigenvalue weighted by Crippen LogP contribution is -2.38. The van der Waals surface area contributed by atoms with Crippen molar-refractivity contribution in [3.8, 4) is 0 Å². The second-order valence-electron chi connectivity index (χ2n) is 9.75. The van der Waals surface area contributed by atoms with Gasteiger partial charge in [-0.1, -0.05) is 23.7 Å².